The van der Waals surface area contributed by atoms with Crippen LogP contribution in [0, 0.1) is 5.82 Å². The van der Waals surface area contributed by atoms with E-state index in [2.05, 4.69) is 20.9 Å². The first-order chi connectivity index (χ1) is 9.56. The van der Waals surface area contributed by atoms with Crippen LogP contribution in [0.2, 0.25) is 0 Å². The summed E-state index contributed by atoms with van der Waals surface area (Å²) >= 11 is 9.58. The van der Waals surface area contributed by atoms with E-state index in [1.807, 2.05) is 0 Å². The third-order valence-electron chi connectivity index (χ3n) is 2.99. The van der Waals surface area contributed by atoms with Gasteiger partial charge in [-0.15, -0.1) is 11.6 Å². The van der Waals surface area contributed by atoms with Crippen LogP contribution in [0.25, 0.3) is 11.1 Å². The zero-order chi connectivity index (χ0) is 14.3. The minimum atomic E-state index is -0.551. The lowest BCUT2D eigenvalue weighted by atomic mass is 10.0. The van der Waals surface area contributed by atoms with Gasteiger partial charge in [0.2, 0.25) is 0 Å². The fourth-order valence-electron chi connectivity index (χ4n) is 2.02. The first kappa shape index (κ1) is 13.4. The van der Waals surface area contributed by atoms with Crippen LogP contribution in [0.1, 0.15) is 16.5 Å². The number of nitrogens with one attached hydrogen (secondary N) is 1. The van der Waals surface area contributed by atoms with Crippen LogP contribution in [0.15, 0.2) is 50.1 Å². The number of rotatable bonds is 2. The first-order valence-corrected chi connectivity index (χ1v) is 7.00. The van der Waals surface area contributed by atoms with Gasteiger partial charge in [-0.1, -0.05) is 18.2 Å². The van der Waals surface area contributed by atoms with Crippen molar-refractivity contribution in [3.05, 3.63) is 68.4 Å². The van der Waals surface area contributed by atoms with Crippen LogP contribution in [-0.4, -0.2) is 4.98 Å². The van der Waals surface area contributed by atoms with E-state index in [0.717, 1.165) is 0 Å². The number of halogens is 3. The van der Waals surface area contributed by atoms with E-state index in [-0.39, 0.29) is 5.82 Å². The molecule has 1 N–H and O–H groups in total. The summed E-state index contributed by atoms with van der Waals surface area (Å²) in [6.07, 6.45) is 0. The maximum atomic E-state index is 13.5. The standard InChI is InChI=1S/C14H8BrClFNO2/c15-12-8(2-1-3-9(12)17)13(16)7-4-5-10-11(6-7)20-14(19)18-10/h1-6,13H,(H,18,19). The second kappa shape index (κ2) is 5.07. The van der Waals surface area contributed by atoms with Crippen molar-refractivity contribution in [1.82, 2.24) is 4.98 Å². The van der Waals surface area contributed by atoms with Crippen LogP contribution in [-0.2, 0) is 0 Å². The van der Waals surface area contributed by atoms with Gasteiger partial charge in [0.25, 0.3) is 0 Å². The molecule has 3 aromatic rings. The van der Waals surface area contributed by atoms with E-state index in [4.69, 9.17) is 16.0 Å². The van der Waals surface area contributed by atoms with E-state index < -0.39 is 11.1 Å². The van der Waals surface area contributed by atoms with Crippen molar-refractivity contribution in [2.75, 3.05) is 0 Å². The van der Waals surface area contributed by atoms with Gasteiger partial charge in [-0.2, -0.15) is 0 Å². The van der Waals surface area contributed by atoms with E-state index in [1.54, 1.807) is 30.3 Å². The molecule has 2 aromatic carbocycles. The Bertz CT molecular complexity index is 843. The van der Waals surface area contributed by atoms with Gasteiger partial charge in [-0.3, -0.25) is 4.98 Å². The molecule has 0 bridgehead atoms. The molecule has 1 atom stereocenters. The Morgan fingerprint density at radius 3 is 2.90 bits per heavy atom. The molecule has 0 spiro atoms. The van der Waals surface area contributed by atoms with Crippen molar-refractivity contribution in [2.45, 2.75) is 5.38 Å². The van der Waals surface area contributed by atoms with Crippen molar-refractivity contribution in [3.8, 4) is 0 Å². The van der Waals surface area contributed by atoms with Crippen LogP contribution in [0.4, 0.5) is 4.39 Å². The summed E-state index contributed by atoms with van der Waals surface area (Å²) in [5.74, 6) is -0.891. The second-order valence-corrected chi connectivity index (χ2v) is 5.51. The molecular formula is C14H8BrClFNO2. The molecule has 0 aliphatic heterocycles. The lowest BCUT2D eigenvalue weighted by molar-refractivity contribution is 0.555. The van der Waals surface area contributed by atoms with Crippen LogP contribution in [0.3, 0.4) is 0 Å². The molecular weight excluding hydrogens is 349 g/mol. The third kappa shape index (κ3) is 2.27. The Balaban J connectivity index is 2.09. The van der Waals surface area contributed by atoms with Gasteiger partial charge < -0.3 is 4.42 Å². The molecule has 20 heavy (non-hydrogen) atoms. The summed E-state index contributed by atoms with van der Waals surface area (Å²) in [7, 11) is 0. The number of aromatic nitrogens is 1. The highest BCUT2D eigenvalue weighted by molar-refractivity contribution is 9.10. The van der Waals surface area contributed by atoms with Gasteiger partial charge in [-0.25, -0.2) is 9.18 Å². The highest BCUT2D eigenvalue weighted by Gasteiger charge is 2.17. The number of fused-ring (bicyclic) bond motifs is 1. The maximum absolute atomic E-state index is 13.5. The summed E-state index contributed by atoms with van der Waals surface area (Å²) in [6, 6.07) is 9.83. The molecule has 0 amide bonds. The lowest BCUT2D eigenvalue weighted by Gasteiger charge is -2.12. The monoisotopic (exact) mass is 355 g/mol. The molecule has 0 aliphatic carbocycles. The number of hydrogen-bond acceptors (Lipinski definition) is 2. The fraction of sp³-hybridized carbons (Fsp3) is 0.0714. The van der Waals surface area contributed by atoms with Crippen molar-refractivity contribution in [2.24, 2.45) is 0 Å². The summed E-state index contributed by atoms with van der Waals surface area (Å²) in [4.78, 5) is 13.7. The summed E-state index contributed by atoms with van der Waals surface area (Å²) < 4.78 is 18.9. The molecule has 3 nitrogen and oxygen atoms in total. The highest BCUT2D eigenvalue weighted by atomic mass is 79.9. The minimum absolute atomic E-state index is 0.329. The Labute approximate surface area is 126 Å². The topological polar surface area (TPSA) is 46.0 Å². The Morgan fingerprint density at radius 2 is 2.10 bits per heavy atom. The molecule has 1 heterocycles. The zero-order valence-corrected chi connectivity index (χ0v) is 12.3. The third-order valence-corrected chi connectivity index (χ3v) is 4.32. The molecule has 0 aliphatic rings. The number of benzene rings is 2. The largest absolute Gasteiger partial charge is 0.417 e. The molecule has 0 radical (unpaired) electrons. The van der Waals surface area contributed by atoms with Gasteiger partial charge in [0, 0.05) is 0 Å². The number of alkyl halides is 1. The fourth-order valence-corrected chi connectivity index (χ4v) is 2.96. The molecule has 0 saturated carbocycles. The number of hydrogen-bond donors (Lipinski definition) is 1. The van der Waals surface area contributed by atoms with Gasteiger partial charge in [-0.05, 0) is 45.3 Å². The molecule has 6 heteroatoms. The van der Waals surface area contributed by atoms with E-state index in [0.29, 0.717) is 26.7 Å². The SMILES string of the molecule is O=c1[nH]c2ccc(C(Cl)c3cccc(F)c3Br)cc2o1. The molecule has 0 saturated heterocycles. The van der Waals surface area contributed by atoms with E-state index in [1.165, 1.54) is 6.07 Å². The van der Waals surface area contributed by atoms with E-state index >= 15 is 0 Å². The van der Waals surface area contributed by atoms with Gasteiger partial charge in [0.1, 0.15) is 5.82 Å². The second-order valence-electron chi connectivity index (χ2n) is 4.28. The summed E-state index contributed by atoms with van der Waals surface area (Å²) in [5.41, 5.74) is 2.35. The first-order valence-electron chi connectivity index (χ1n) is 5.77. The van der Waals surface area contributed by atoms with Crippen molar-refractivity contribution in [1.29, 1.82) is 0 Å². The molecule has 1 aromatic heterocycles. The molecule has 1 unspecified atom stereocenters. The smallest absolute Gasteiger partial charge is 0.408 e. The molecule has 0 fully saturated rings. The number of aromatic amines is 1. The maximum Gasteiger partial charge on any atom is 0.417 e. The average Bonchev–Trinajstić information content (AvgIpc) is 2.80. The summed E-state index contributed by atoms with van der Waals surface area (Å²) in [5, 5.41) is -0.551. The predicted molar refractivity (Wildman–Crippen MR) is 78.6 cm³/mol. The Hall–Kier alpha value is -1.59. The average molecular weight is 357 g/mol. The zero-order valence-electron chi connectivity index (χ0n) is 9.99. The normalized spacial score (nSPS) is 12.8. The number of H-pyrrole nitrogens is 1. The van der Waals surface area contributed by atoms with Crippen LogP contribution >= 0.6 is 27.5 Å². The van der Waals surface area contributed by atoms with Gasteiger partial charge in [0.05, 0.1) is 15.4 Å². The lowest BCUT2D eigenvalue weighted by Crippen LogP contribution is -1.96. The molecule has 102 valence electrons. The predicted octanol–water partition coefficient (Wildman–Crippen LogP) is 4.35. The minimum Gasteiger partial charge on any atom is -0.408 e. The quantitative estimate of drug-likeness (QED) is 0.694. The van der Waals surface area contributed by atoms with Crippen molar-refractivity contribution in [3.63, 3.8) is 0 Å². The van der Waals surface area contributed by atoms with Crippen LogP contribution < -0.4 is 5.76 Å². The van der Waals surface area contributed by atoms with Gasteiger partial charge in [0.15, 0.2) is 5.58 Å². The van der Waals surface area contributed by atoms with Crippen LogP contribution in [0.5, 0.6) is 0 Å². The highest BCUT2D eigenvalue weighted by Crippen LogP contribution is 2.35. The number of oxazole rings is 1. The Morgan fingerprint density at radius 1 is 1.30 bits per heavy atom. The Kier molecular flexibility index (Phi) is 3.40. The molecule has 3 rings (SSSR count). The van der Waals surface area contributed by atoms with E-state index in [9.17, 15) is 9.18 Å². The van der Waals surface area contributed by atoms with Crippen molar-refractivity contribution >= 4 is 38.6 Å². The summed E-state index contributed by atoms with van der Waals surface area (Å²) in [6.45, 7) is 0. The van der Waals surface area contributed by atoms with Crippen molar-refractivity contribution < 1.29 is 8.81 Å². The van der Waals surface area contributed by atoms with Gasteiger partial charge >= 0.3 is 5.76 Å².